The number of para-hydroxylation sites is 1. The zero-order chi connectivity index (χ0) is 14.7. The Hall–Kier alpha value is -1.85. The summed E-state index contributed by atoms with van der Waals surface area (Å²) in [6.07, 6.45) is 4.74. The molecule has 1 aromatic carbocycles. The summed E-state index contributed by atoms with van der Waals surface area (Å²) in [4.78, 5) is 14.1. The number of carbonyl (C=O) groups is 1. The predicted molar refractivity (Wildman–Crippen MR) is 88.3 cm³/mol. The van der Waals surface area contributed by atoms with Crippen LogP contribution in [-0.2, 0) is 11.3 Å². The van der Waals surface area contributed by atoms with Crippen LogP contribution in [-0.4, -0.2) is 40.7 Å². The molecule has 1 fully saturated rings. The third-order valence-corrected chi connectivity index (χ3v) is 3.86. The number of nitrogens with zero attached hydrogens (tertiary/aromatic N) is 3. The fourth-order valence-electron chi connectivity index (χ4n) is 2.69. The minimum Gasteiger partial charge on any atom is -0.341 e. The maximum Gasteiger partial charge on any atom is 0.227 e. The molecule has 0 spiro atoms. The van der Waals surface area contributed by atoms with Crippen molar-refractivity contribution in [3.8, 4) is 5.69 Å². The lowest BCUT2D eigenvalue weighted by atomic mass is 10.1. The van der Waals surface area contributed by atoms with Crippen molar-refractivity contribution < 1.29 is 4.79 Å². The van der Waals surface area contributed by atoms with Crippen molar-refractivity contribution >= 4 is 18.3 Å². The van der Waals surface area contributed by atoms with Crippen LogP contribution in [0.1, 0.15) is 12.0 Å². The third kappa shape index (κ3) is 3.67. The van der Waals surface area contributed by atoms with Gasteiger partial charge in [0.25, 0.3) is 0 Å². The number of hydrogen-bond donors (Lipinski definition) is 1. The summed E-state index contributed by atoms with van der Waals surface area (Å²) in [5.41, 5.74) is 2.07. The second-order valence-electron chi connectivity index (χ2n) is 5.51. The van der Waals surface area contributed by atoms with E-state index in [0.29, 0.717) is 6.54 Å². The van der Waals surface area contributed by atoms with Crippen molar-refractivity contribution in [2.24, 2.45) is 5.92 Å². The SMILES string of the molecule is CN(Cc1cnn(-c2ccccc2)c1)C(=O)C1CCNC1.Cl. The molecule has 2 aromatic rings. The molecule has 0 saturated carbocycles. The number of rotatable bonds is 4. The Bertz CT molecular complexity index is 608. The van der Waals surface area contributed by atoms with E-state index in [1.54, 1.807) is 4.90 Å². The summed E-state index contributed by atoms with van der Waals surface area (Å²) in [6, 6.07) is 9.97. The van der Waals surface area contributed by atoms with Gasteiger partial charge in [0.2, 0.25) is 5.91 Å². The molecule has 1 amide bonds. The zero-order valence-electron chi connectivity index (χ0n) is 12.6. The lowest BCUT2D eigenvalue weighted by molar-refractivity contribution is -0.134. The molecule has 6 heteroatoms. The van der Waals surface area contributed by atoms with E-state index in [2.05, 4.69) is 10.4 Å². The van der Waals surface area contributed by atoms with Gasteiger partial charge in [-0.25, -0.2) is 4.68 Å². The molecule has 1 N–H and O–H groups in total. The average molecular weight is 321 g/mol. The maximum atomic E-state index is 12.3. The molecular weight excluding hydrogens is 300 g/mol. The van der Waals surface area contributed by atoms with Gasteiger partial charge in [-0.2, -0.15) is 5.10 Å². The minimum atomic E-state index is 0. The summed E-state index contributed by atoms with van der Waals surface area (Å²) in [5.74, 6) is 0.339. The monoisotopic (exact) mass is 320 g/mol. The van der Waals surface area contributed by atoms with Crippen LogP contribution in [0.5, 0.6) is 0 Å². The van der Waals surface area contributed by atoms with Crippen LogP contribution >= 0.6 is 12.4 Å². The fourth-order valence-corrected chi connectivity index (χ4v) is 2.69. The third-order valence-electron chi connectivity index (χ3n) is 3.86. The number of carbonyl (C=O) groups excluding carboxylic acids is 1. The predicted octanol–water partition coefficient (Wildman–Crippen LogP) is 1.86. The van der Waals surface area contributed by atoms with Crippen LogP contribution in [0.2, 0.25) is 0 Å². The molecule has 1 atom stereocenters. The van der Waals surface area contributed by atoms with Crippen molar-refractivity contribution in [2.75, 3.05) is 20.1 Å². The quantitative estimate of drug-likeness (QED) is 0.935. The van der Waals surface area contributed by atoms with E-state index in [-0.39, 0.29) is 24.2 Å². The van der Waals surface area contributed by atoms with Crippen molar-refractivity contribution in [1.82, 2.24) is 20.0 Å². The molecule has 3 rings (SSSR count). The topological polar surface area (TPSA) is 50.2 Å². The largest absolute Gasteiger partial charge is 0.341 e. The Morgan fingerprint density at radius 1 is 1.41 bits per heavy atom. The van der Waals surface area contributed by atoms with Gasteiger partial charge in [-0.3, -0.25) is 4.79 Å². The van der Waals surface area contributed by atoms with E-state index in [1.807, 2.05) is 54.5 Å². The normalized spacial score (nSPS) is 17.0. The van der Waals surface area contributed by atoms with E-state index >= 15 is 0 Å². The van der Waals surface area contributed by atoms with E-state index < -0.39 is 0 Å². The zero-order valence-corrected chi connectivity index (χ0v) is 13.4. The van der Waals surface area contributed by atoms with E-state index in [0.717, 1.165) is 30.8 Å². The van der Waals surface area contributed by atoms with Crippen LogP contribution in [0.15, 0.2) is 42.7 Å². The van der Waals surface area contributed by atoms with Crippen molar-refractivity contribution in [3.63, 3.8) is 0 Å². The van der Waals surface area contributed by atoms with Crippen LogP contribution in [0, 0.1) is 5.92 Å². The summed E-state index contributed by atoms with van der Waals surface area (Å²) in [5, 5.41) is 7.60. The van der Waals surface area contributed by atoms with E-state index in [9.17, 15) is 4.79 Å². The summed E-state index contributed by atoms with van der Waals surface area (Å²) in [7, 11) is 1.86. The first-order valence-electron chi connectivity index (χ1n) is 7.29. The Balaban J connectivity index is 0.00000176. The molecule has 118 valence electrons. The van der Waals surface area contributed by atoms with Crippen LogP contribution in [0.3, 0.4) is 0 Å². The summed E-state index contributed by atoms with van der Waals surface area (Å²) < 4.78 is 1.84. The standard InChI is InChI=1S/C16H20N4O.ClH/c1-19(16(21)14-7-8-17-10-14)11-13-9-18-20(12-13)15-5-3-2-4-6-15;/h2-6,9,12,14,17H,7-8,10-11H2,1H3;1H. The highest BCUT2D eigenvalue weighted by molar-refractivity contribution is 5.85. The van der Waals surface area contributed by atoms with Crippen LogP contribution in [0.25, 0.3) is 5.69 Å². The molecule has 0 aliphatic carbocycles. The molecule has 1 unspecified atom stereocenters. The second-order valence-corrected chi connectivity index (χ2v) is 5.51. The Morgan fingerprint density at radius 3 is 2.86 bits per heavy atom. The highest BCUT2D eigenvalue weighted by Gasteiger charge is 2.25. The fraction of sp³-hybridized carbons (Fsp3) is 0.375. The lowest BCUT2D eigenvalue weighted by Crippen LogP contribution is -2.33. The lowest BCUT2D eigenvalue weighted by Gasteiger charge is -2.19. The van der Waals surface area contributed by atoms with Gasteiger partial charge in [0.1, 0.15) is 0 Å². The molecule has 2 heterocycles. The highest BCUT2D eigenvalue weighted by atomic mass is 35.5. The van der Waals surface area contributed by atoms with Gasteiger partial charge < -0.3 is 10.2 Å². The molecule has 1 saturated heterocycles. The van der Waals surface area contributed by atoms with Crippen molar-refractivity contribution in [3.05, 3.63) is 48.3 Å². The first-order chi connectivity index (χ1) is 10.2. The van der Waals surface area contributed by atoms with Gasteiger partial charge in [0.15, 0.2) is 0 Å². The van der Waals surface area contributed by atoms with Crippen molar-refractivity contribution in [2.45, 2.75) is 13.0 Å². The summed E-state index contributed by atoms with van der Waals surface area (Å²) in [6.45, 7) is 2.34. The number of hydrogen-bond acceptors (Lipinski definition) is 3. The average Bonchev–Trinajstić information content (AvgIpc) is 3.19. The number of benzene rings is 1. The molecule has 0 radical (unpaired) electrons. The number of aromatic nitrogens is 2. The first-order valence-corrected chi connectivity index (χ1v) is 7.29. The van der Waals surface area contributed by atoms with Gasteiger partial charge in [0, 0.05) is 31.9 Å². The van der Waals surface area contributed by atoms with E-state index in [4.69, 9.17) is 0 Å². The smallest absolute Gasteiger partial charge is 0.227 e. The van der Waals surface area contributed by atoms with E-state index in [1.165, 1.54) is 0 Å². The van der Waals surface area contributed by atoms with Gasteiger partial charge in [0.05, 0.1) is 17.8 Å². The van der Waals surface area contributed by atoms with Gasteiger partial charge in [-0.1, -0.05) is 18.2 Å². The molecule has 1 aliphatic rings. The molecular formula is C16H21ClN4O. The number of halogens is 1. The highest BCUT2D eigenvalue weighted by Crippen LogP contribution is 2.14. The van der Waals surface area contributed by atoms with Gasteiger partial charge in [-0.15, -0.1) is 12.4 Å². The molecule has 5 nitrogen and oxygen atoms in total. The van der Waals surface area contributed by atoms with Crippen LogP contribution < -0.4 is 5.32 Å². The molecule has 22 heavy (non-hydrogen) atoms. The van der Waals surface area contributed by atoms with Crippen LogP contribution in [0.4, 0.5) is 0 Å². The first kappa shape index (κ1) is 16.5. The maximum absolute atomic E-state index is 12.3. The van der Waals surface area contributed by atoms with Crippen molar-refractivity contribution in [1.29, 1.82) is 0 Å². The molecule has 1 aliphatic heterocycles. The number of amides is 1. The Labute approximate surface area is 136 Å². The molecule has 1 aromatic heterocycles. The second kappa shape index (κ2) is 7.42. The van der Waals surface area contributed by atoms with Gasteiger partial charge >= 0.3 is 0 Å². The molecule has 0 bridgehead atoms. The summed E-state index contributed by atoms with van der Waals surface area (Å²) >= 11 is 0. The Morgan fingerprint density at radius 2 is 2.18 bits per heavy atom. The Kier molecular flexibility index (Phi) is 5.57. The van der Waals surface area contributed by atoms with Gasteiger partial charge in [-0.05, 0) is 25.1 Å². The minimum absolute atomic E-state index is 0. The number of nitrogens with one attached hydrogen (secondary N) is 1.